The van der Waals surface area contributed by atoms with Crippen LogP contribution in [0.15, 0.2) is 24.3 Å². The molecule has 1 N–H and O–H groups in total. The van der Waals surface area contributed by atoms with E-state index in [1.54, 1.807) is 18.2 Å². The summed E-state index contributed by atoms with van der Waals surface area (Å²) in [5.41, 5.74) is 1.04. The third kappa shape index (κ3) is 2.58. The van der Waals surface area contributed by atoms with Gasteiger partial charge in [0.1, 0.15) is 12.0 Å². The predicted octanol–water partition coefficient (Wildman–Crippen LogP) is 2.47. The summed E-state index contributed by atoms with van der Waals surface area (Å²) < 4.78 is 0. The van der Waals surface area contributed by atoms with E-state index >= 15 is 0 Å². The first kappa shape index (κ1) is 9.78. The number of rotatable bonds is 4. The lowest BCUT2D eigenvalue weighted by molar-refractivity contribution is -0.108. The van der Waals surface area contributed by atoms with E-state index in [1.807, 2.05) is 13.0 Å². The van der Waals surface area contributed by atoms with Crippen molar-refractivity contribution in [1.82, 2.24) is 0 Å². The Morgan fingerprint density at radius 1 is 1.54 bits per heavy atom. The Balaban J connectivity index is 2.84. The molecule has 2 heteroatoms. The SMILES string of the molecule is CCC(CC=O)c1cccc(O)c1. The van der Waals surface area contributed by atoms with E-state index in [9.17, 15) is 9.90 Å². The molecular formula is C11H14O2. The van der Waals surface area contributed by atoms with Gasteiger partial charge in [0.05, 0.1) is 0 Å². The number of phenols is 1. The maximum absolute atomic E-state index is 10.4. The van der Waals surface area contributed by atoms with Crippen molar-refractivity contribution in [2.75, 3.05) is 0 Å². The van der Waals surface area contributed by atoms with Crippen molar-refractivity contribution in [3.05, 3.63) is 29.8 Å². The smallest absolute Gasteiger partial charge is 0.120 e. The Hall–Kier alpha value is -1.31. The lowest BCUT2D eigenvalue weighted by atomic mass is 9.94. The van der Waals surface area contributed by atoms with E-state index in [0.717, 1.165) is 18.3 Å². The summed E-state index contributed by atoms with van der Waals surface area (Å²) in [6.07, 6.45) is 2.38. The minimum Gasteiger partial charge on any atom is -0.508 e. The second kappa shape index (κ2) is 4.65. The highest BCUT2D eigenvalue weighted by Crippen LogP contribution is 2.24. The molecule has 0 radical (unpaired) electrons. The first-order valence-electron chi connectivity index (χ1n) is 4.50. The van der Waals surface area contributed by atoms with Crippen LogP contribution in [-0.4, -0.2) is 11.4 Å². The monoisotopic (exact) mass is 178 g/mol. The quantitative estimate of drug-likeness (QED) is 0.719. The number of carbonyl (C=O) groups excluding carboxylic acids is 1. The largest absolute Gasteiger partial charge is 0.508 e. The van der Waals surface area contributed by atoms with Crippen LogP contribution >= 0.6 is 0 Å². The average Bonchev–Trinajstić information content (AvgIpc) is 2.14. The van der Waals surface area contributed by atoms with Gasteiger partial charge in [-0.2, -0.15) is 0 Å². The molecule has 1 atom stereocenters. The van der Waals surface area contributed by atoms with Gasteiger partial charge in [0.15, 0.2) is 0 Å². The molecule has 2 nitrogen and oxygen atoms in total. The summed E-state index contributed by atoms with van der Waals surface area (Å²) in [6, 6.07) is 7.10. The summed E-state index contributed by atoms with van der Waals surface area (Å²) in [6.45, 7) is 2.04. The number of aromatic hydroxyl groups is 1. The van der Waals surface area contributed by atoms with Gasteiger partial charge < -0.3 is 9.90 Å². The van der Waals surface area contributed by atoms with Crippen molar-refractivity contribution in [2.24, 2.45) is 0 Å². The minimum absolute atomic E-state index is 0.240. The van der Waals surface area contributed by atoms with Gasteiger partial charge in [-0.25, -0.2) is 0 Å². The van der Waals surface area contributed by atoms with Gasteiger partial charge in [-0.1, -0.05) is 19.1 Å². The second-order valence-electron chi connectivity index (χ2n) is 3.10. The number of carbonyl (C=O) groups is 1. The van der Waals surface area contributed by atoms with Gasteiger partial charge in [0, 0.05) is 6.42 Å². The molecule has 1 rings (SSSR count). The van der Waals surface area contributed by atoms with E-state index in [2.05, 4.69) is 0 Å². The lowest BCUT2D eigenvalue weighted by Gasteiger charge is -2.11. The Morgan fingerprint density at radius 3 is 2.85 bits per heavy atom. The Morgan fingerprint density at radius 2 is 2.31 bits per heavy atom. The molecule has 0 amide bonds. The van der Waals surface area contributed by atoms with Crippen molar-refractivity contribution >= 4 is 6.29 Å². The van der Waals surface area contributed by atoms with E-state index in [0.29, 0.717) is 6.42 Å². The minimum atomic E-state index is 0.240. The summed E-state index contributed by atoms with van der Waals surface area (Å²) >= 11 is 0. The highest BCUT2D eigenvalue weighted by molar-refractivity contribution is 5.51. The number of hydrogen-bond donors (Lipinski definition) is 1. The summed E-state index contributed by atoms with van der Waals surface area (Å²) in [4.78, 5) is 10.4. The molecule has 0 heterocycles. The van der Waals surface area contributed by atoms with Crippen LogP contribution in [-0.2, 0) is 4.79 Å². The summed E-state index contributed by atoms with van der Waals surface area (Å²) in [5.74, 6) is 0.506. The maximum Gasteiger partial charge on any atom is 0.120 e. The Bertz CT molecular complexity index is 281. The zero-order valence-corrected chi connectivity index (χ0v) is 7.73. The molecule has 0 aliphatic carbocycles. The maximum atomic E-state index is 10.4. The fourth-order valence-corrected chi connectivity index (χ4v) is 1.43. The number of phenolic OH excluding ortho intramolecular Hbond substituents is 1. The van der Waals surface area contributed by atoms with Crippen LogP contribution in [0.1, 0.15) is 31.2 Å². The number of aldehydes is 1. The van der Waals surface area contributed by atoms with Crippen LogP contribution < -0.4 is 0 Å². The zero-order chi connectivity index (χ0) is 9.68. The Kier molecular flexibility index (Phi) is 3.50. The van der Waals surface area contributed by atoms with Crippen LogP contribution in [0.2, 0.25) is 0 Å². The second-order valence-corrected chi connectivity index (χ2v) is 3.10. The van der Waals surface area contributed by atoms with Crippen LogP contribution in [0.5, 0.6) is 5.75 Å². The van der Waals surface area contributed by atoms with Crippen molar-refractivity contribution in [3.8, 4) is 5.75 Å². The zero-order valence-electron chi connectivity index (χ0n) is 7.73. The number of hydrogen-bond acceptors (Lipinski definition) is 2. The highest BCUT2D eigenvalue weighted by atomic mass is 16.3. The molecule has 0 aliphatic rings. The third-order valence-electron chi connectivity index (χ3n) is 2.22. The molecule has 13 heavy (non-hydrogen) atoms. The fraction of sp³-hybridized carbons (Fsp3) is 0.364. The molecule has 70 valence electrons. The molecule has 0 aliphatic heterocycles. The van der Waals surface area contributed by atoms with E-state index in [1.165, 1.54) is 0 Å². The van der Waals surface area contributed by atoms with Crippen LogP contribution in [0.3, 0.4) is 0 Å². The molecule has 0 saturated heterocycles. The molecule has 1 unspecified atom stereocenters. The molecule has 0 bridgehead atoms. The molecule has 0 fully saturated rings. The standard InChI is InChI=1S/C11H14O2/c1-2-9(6-7-12)10-4-3-5-11(13)8-10/h3-5,7-9,13H,2,6H2,1H3. The molecule has 1 aromatic carbocycles. The van der Waals surface area contributed by atoms with Crippen LogP contribution in [0.4, 0.5) is 0 Å². The molecule has 0 aromatic heterocycles. The highest BCUT2D eigenvalue weighted by Gasteiger charge is 2.08. The van der Waals surface area contributed by atoms with Crippen LogP contribution in [0.25, 0.3) is 0 Å². The van der Waals surface area contributed by atoms with Crippen molar-refractivity contribution < 1.29 is 9.90 Å². The molecule has 0 saturated carbocycles. The van der Waals surface area contributed by atoms with Crippen molar-refractivity contribution in [1.29, 1.82) is 0 Å². The van der Waals surface area contributed by atoms with E-state index in [4.69, 9.17) is 0 Å². The summed E-state index contributed by atoms with van der Waals surface area (Å²) in [7, 11) is 0. The molecule has 1 aromatic rings. The first-order chi connectivity index (χ1) is 6.27. The van der Waals surface area contributed by atoms with Crippen LogP contribution in [0, 0.1) is 0 Å². The summed E-state index contributed by atoms with van der Waals surface area (Å²) in [5, 5.41) is 9.24. The van der Waals surface area contributed by atoms with Gasteiger partial charge >= 0.3 is 0 Å². The fourth-order valence-electron chi connectivity index (χ4n) is 1.43. The lowest BCUT2D eigenvalue weighted by Crippen LogP contribution is -1.97. The van der Waals surface area contributed by atoms with Crippen molar-refractivity contribution in [3.63, 3.8) is 0 Å². The Labute approximate surface area is 78.2 Å². The van der Waals surface area contributed by atoms with Gasteiger partial charge in [-0.3, -0.25) is 0 Å². The third-order valence-corrected chi connectivity index (χ3v) is 2.22. The molecular weight excluding hydrogens is 164 g/mol. The number of benzene rings is 1. The average molecular weight is 178 g/mol. The van der Waals surface area contributed by atoms with Gasteiger partial charge in [0.25, 0.3) is 0 Å². The van der Waals surface area contributed by atoms with E-state index < -0.39 is 0 Å². The topological polar surface area (TPSA) is 37.3 Å². The molecule has 0 spiro atoms. The normalized spacial score (nSPS) is 12.4. The van der Waals surface area contributed by atoms with Gasteiger partial charge in [0.2, 0.25) is 0 Å². The van der Waals surface area contributed by atoms with E-state index in [-0.39, 0.29) is 11.7 Å². The first-order valence-corrected chi connectivity index (χ1v) is 4.50. The predicted molar refractivity (Wildman–Crippen MR) is 51.8 cm³/mol. The van der Waals surface area contributed by atoms with Gasteiger partial charge in [-0.15, -0.1) is 0 Å². The van der Waals surface area contributed by atoms with Gasteiger partial charge in [-0.05, 0) is 30.0 Å². The van der Waals surface area contributed by atoms with Crippen molar-refractivity contribution in [2.45, 2.75) is 25.7 Å².